The van der Waals surface area contributed by atoms with Gasteiger partial charge in [-0.2, -0.15) is 0 Å². The minimum Gasteiger partial charge on any atom is -0.393 e. The standard InChI is InChI=1S/C21H36N2O4/c24-16-9-18(25)20(19(10-16)27-13-14-5-2-1-3-6-14)21(26)23-11-15-7-4-8-22-17(15)12-23/h14-20,22,24-25H,1-13H2. The maximum Gasteiger partial charge on any atom is 0.231 e. The third-order valence-corrected chi connectivity index (χ3v) is 7.30. The molecule has 0 aromatic carbocycles. The summed E-state index contributed by atoms with van der Waals surface area (Å²) >= 11 is 0. The van der Waals surface area contributed by atoms with Crippen molar-refractivity contribution in [1.29, 1.82) is 0 Å². The monoisotopic (exact) mass is 380 g/mol. The summed E-state index contributed by atoms with van der Waals surface area (Å²) in [7, 11) is 0. The van der Waals surface area contributed by atoms with Crippen molar-refractivity contribution in [2.75, 3.05) is 26.2 Å². The van der Waals surface area contributed by atoms with Crippen molar-refractivity contribution in [3.05, 3.63) is 0 Å². The summed E-state index contributed by atoms with van der Waals surface area (Å²) in [5.74, 6) is 0.594. The van der Waals surface area contributed by atoms with E-state index in [1.165, 1.54) is 44.9 Å². The Hall–Kier alpha value is -0.690. The number of fused-ring (bicyclic) bond motifs is 1. The quantitative estimate of drug-likeness (QED) is 0.685. The van der Waals surface area contributed by atoms with Gasteiger partial charge >= 0.3 is 0 Å². The number of rotatable bonds is 4. The number of hydrogen-bond donors (Lipinski definition) is 3. The molecule has 6 atom stereocenters. The fraction of sp³-hybridized carbons (Fsp3) is 0.952. The molecule has 4 rings (SSSR count). The Bertz CT molecular complexity index is 496. The van der Waals surface area contributed by atoms with Crippen molar-refractivity contribution in [1.82, 2.24) is 10.2 Å². The Labute approximate surface area is 162 Å². The van der Waals surface area contributed by atoms with E-state index in [4.69, 9.17) is 4.74 Å². The summed E-state index contributed by atoms with van der Waals surface area (Å²) in [5.41, 5.74) is 0. The number of aliphatic hydroxyl groups is 2. The lowest BCUT2D eigenvalue weighted by molar-refractivity contribution is -0.158. The van der Waals surface area contributed by atoms with Gasteiger partial charge in [-0.25, -0.2) is 0 Å². The van der Waals surface area contributed by atoms with Crippen LogP contribution >= 0.6 is 0 Å². The molecule has 0 radical (unpaired) electrons. The predicted molar refractivity (Wildman–Crippen MR) is 102 cm³/mol. The van der Waals surface area contributed by atoms with E-state index in [1.54, 1.807) is 0 Å². The number of carbonyl (C=O) groups is 1. The Balaban J connectivity index is 1.39. The lowest BCUT2D eigenvalue weighted by atomic mass is 9.81. The van der Waals surface area contributed by atoms with Crippen molar-refractivity contribution in [2.45, 2.75) is 82.1 Å². The molecule has 2 heterocycles. The Morgan fingerprint density at radius 2 is 1.85 bits per heavy atom. The maximum atomic E-state index is 13.3. The van der Waals surface area contributed by atoms with Crippen LogP contribution in [0.1, 0.15) is 57.8 Å². The lowest BCUT2D eigenvalue weighted by Gasteiger charge is -2.39. The lowest BCUT2D eigenvalue weighted by Crippen LogP contribution is -2.52. The first-order valence-electron chi connectivity index (χ1n) is 11.1. The molecule has 2 aliphatic heterocycles. The number of ether oxygens (including phenoxy) is 1. The van der Waals surface area contributed by atoms with E-state index in [2.05, 4.69) is 5.32 Å². The van der Waals surface area contributed by atoms with Gasteiger partial charge in [-0.05, 0) is 44.1 Å². The van der Waals surface area contributed by atoms with Crippen LogP contribution in [0.3, 0.4) is 0 Å². The van der Waals surface area contributed by atoms with Crippen LogP contribution in [0.25, 0.3) is 0 Å². The van der Waals surface area contributed by atoms with Gasteiger partial charge < -0.3 is 25.2 Å². The molecule has 1 amide bonds. The van der Waals surface area contributed by atoms with Crippen molar-refractivity contribution in [2.24, 2.45) is 17.8 Å². The zero-order chi connectivity index (χ0) is 18.8. The molecule has 4 fully saturated rings. The number of hydrogen-bond acceptors (Lipinski definition) is 5. The van der Waals surface area contributed by atoms with Gasteiger partial charge in [-0.15, -0.1) is 0 Å². The molecule has 0 bridgehead atoms. The van der Waals surface area contributed by atoms with Crippen LogP contribution in [0.5, 0.6) is 0 Å². The second-order valence-corrected chi connectivity index (χ2v) is 9.30. The molecule has 2 saturated heterocycles. The number of nitrogens with zero attached hydrogens (tertiary/aromatic N) is 1. The first kappa shape index (κ1) is 19.6. The van der Waals surface area contributed by atoms with Gasteiger partial charge in [-0.1, -0.05) is 19.3 Å². The average Bonchev–Trinajstić information content (AvgIpc) is 3.10. The largest absolute Gasteiger partial charge is 0.393 e. The molecule has 6 nitrogen and oxygen atoms in total. The second-order valence-electron chi connectivity index (χ2n) is 9.30. The van der Waals surface area contributed by atoms with Crippen LogP contribution in [0.2, 0.25) is 0 Å². The minimum atomic E-state index is -0.812. The molecule has 27 heavy (non-hydrogen) atoms. The zero-order valence-corrected chi connectivity index (χ0v) is 16.4. The summed E-state index contributed by atoms with van der Waals surface area (Å²) in [6, 6.07) is 0.399. The molecular weight excluding hydrogens is 344 g/mol. The highest BCUT2D eigenvalue weighted by molar-refractivity contribution is 5.80. The van der Waals surface area contributed by atoms with Crippen LogP contribution in [-0.2, 0) is 9.53 Å². The highest BCUT2D eigenvalue weighted by Gasteiger charge is 2.46. The fourth-order valence-corrected chi connectivity index (χ4v) is 5.73. The van der Waals surface area contributed by atoms with Gasteiger partial charge in [0.1, 0.15) is 0 Å². The molecule has 6 unspecified atom stereocenters. The van der Waals surface area contributed by atoms with E-state index in [9.17, 15) is 15.0 Å². The number of nitrogens with one attached hydrogen (secondary N) is 1. The number of amides is 1. The van der Waals surface area contributed by atoms with Crippen molar-refractivity contribution in [3.8, 4) is 0 Å². The highest BCUT2D eigenvalue weighted by Crippen LogP contribution is 2.34. The number of piperidine rings is 1. The summed E-state index contributed by atoms with van der Waals surface area (Å²) < 4.78 is 6.19. The van der Waals surface area contributed by atoms with Crippen LogP contribution in [0.15, 0.2) is 0 Å². The topological polar surface area (TPSA) is 82.0 Å². The molecule has 0 aromatic heterocycles. The van der Waals surface area contributed by atoms with Crippen LogP contribution in [0, 0.1) is 17.8 Å². The number of likely N-dealkylation sites (tertiary alicyclic amines) is 1. The molecule has 0 spiro atoms. The number of aliphatic hydroxyl groups excluding tert-OH is 2. The SMILES string of the molecule is O=C(C1C(O)CC(O)CC1OCC1CCCCC1)N1CC2CCCNC2C1. The van der Waals surface area contributed by atoms with Crippen LogP contribution < -0.4 is 5.32 Å². The van der Waals surface area contributed by atoms with Gasteiger partial charge in [-0.3, -0.25) is 4.79 Å². The van der Waals surface area contributed by atoms with E-state index in [-0.39, 0.29) is 18.4 Å². The number of carbonyl (C=O) groups excluding carboxylic acids is 1. The molecule has 154 valence electrons. The van der Waals surface area contributed by atoms with Crippen molar-refractivity contribution in [3.63, 3.8) is 0 Å². The summed E-state index contributed by atoms with van der Waals surface area (Å²) in [4.78, 5) is 15.2. The first-order chi connectivity index (χ1) is 13.1. The van der Waals surface area contributed by atoms with E-state index < -0.39 is 18.1 Å². The molecule has 4 aliphatic rings. The van der Waals surface area contributed by atoms with E-state index >= 15 is 0 Å². The predicted octanol–water partition coefficient (Wildman–Crippen LogP) is 1.29. The third-order valence-electron chi connectivity index (χ3n) is 7.30. The van der Waals surface area contributed by atoms with E-state index in [0.29, 0.717) is 30.9 Å². The molecule has 3 N–H and O–H groups in total. The average molecular weight is 381 g/mol. The van der Waals surface area contributed by atoms with Crippen molar-refractivity contribution >= 4 is 5.91 Å². The highest BCUT2D eigenvalue weighted by atomic mass is 16.5. The molecule has 0 aromatic rings. The smallest absolute Gasteiger partial charge is 0.231 e. The zero-order valence-electron chi connectivity index (χ0n) is 16.4. The van der Waals surface area contributed by atoms with Gasteiger partial charge in [0, 0.05) is 38.6 Å². The first-order valence-corrected chi connectivity index (χ1v) is 11.1. The maximum absolute atomic E-state index is 13.3. The van der Waals surface area contributed by atoms with Gasteiger partial charge in [0.15, 0.2) is 0 Å². The summed E-state index contributed by atoms with van der Waals surface area (Å²) in [5, 5.41) is 24.3. The summed E-state index contributed by atoms with van der Waals surface area (Å²) in [6.45, 7) is 3.22. The van der Waals surface area contributed by atoms with Gasteiger partial charge in [0.05, 0.1) is 24.2 Å². The molecular formula is C21H36N2O4. The Morgan fingerprint density at radius 1 is 1.04 bits per heavy atom. The van der Waals surface area contributed by atoms with E-state index in [0.717, 1.165) is 19.6 Å². The van der Waals surface area contributed by atoms with Crippen LogP contribution in [0.4, 0.5) is 0 Å². The van der Waals surface area contributed by atoms with Crippen molar-refractivity contribution < 1.29 is 19.7 Å². The third kappa shape index (κ3) is 4.50. The minimum absolute atomic E-state index is 0.0271. The summed E-state index contributed by atoms with van der Waals surface area (Å²) in [6.07, 6.45) is 7.54. The Morgan fingerprint density at radius 3 is 2.63 bits per heavy atom. The fourth-order valence-electron chi connectivity index (χ4n) is 5.73. The molecule has 2 aliphatic carbocycles. The van der Waals surface area contributed by atoms with E-state index in [1.807, 2.05) is 4.90 Å². The van der Waals surface area contributed by atoms with Crippen LogP contribution in [-0.4, -0.2) is 71.6 Å². The Kier molecular flexibility index (Phi) is 6.37. The van der Waals surface area contributed by atoms with Gasteiger partial charge in [0.2, 0.25) is 5.91 Å². The molecule has 2 saturated carbocycles. The molecule has 6 heteroatoms. The normalized spacial score (nSPS) is 40.7. The van der Waals surface area contributed by atoms with Gasteiger partial charge in [0.25, 0.3) is 0 Å². The second kappa shape index (κ2) is 8.76.